The summed E-state index contributed by atoms with van der Waals surface area (Å²) in [7, 11) is 0. The maximum atomic E-state index is 10.9. The number of carbonyl (C=O) groups is 2. The summed E-state index contributed by atoms with van der Waals surface area (Å²) in [6.45, 7) is 0.192. The van der Waals surface area contributed by atoms with Crippen molar-refractivity contribution in [1.29, 1.82) is 0 Å². The maximum Gasteiger partial charge on any atom is 0.316 e. The van der Waals surface area contributed by atoms with Gasteiger partial charge < -0.3 is 9.47 Å². The summed E-state index contributed by atoms with van der Waals surface area (Å²) in [5.74, 6) is -0.527. The Morgan fingerprint density at radius 2 is 2.46 bits per heavy atom. The molecule has 1 fully saturated rings. The van der Waals surface area contributed by atoms with E-state index in [-0.39, 0.29) is 30.0 Å². The normalized spacial score (nSPS) is 23.2. The van der Waals surface area contributed by atoms with Gasteiger partial charge in [0.1, 0.15) is 18.0 Å². The van der Waals surface area contributed by atoms with Crippen LogP contribution in [0, 0.1) is 0 Å². The fraction of sp³-hybridized carbons (Fsp3) is 0.750. The minimum atomic E-state index is -0.317. The standard InChI is InChI=1S/C8H11BrO4/c9-4-8(11)13-6-2-1-3-7(10)12-5-6/h6H,1-5H2. The van der Waals surface area contributed by atoms with E-state index in [1.807, 2.05) is 0 Å². The zero-order valence-corrected chi connectivity index (χ0v) is 8.71. The van der Waals surface area contributed by atoms with Gasteiger partial charge in [0.15, 0.2) is 0 Å². The third-order valence-corrected chi connectivity index (χ3v) is 2.20. The largest absolute Gasteiger partial charge is 0.462 e. The molecule has 0 aliphatic carbocycles. The van der Waals surface area contributed by atoms with Crippen molar-refractivity contribution in [2.75, 3.05) is 11.9 Å². The van der Waals surface area contributed by atoms with Gasteiger partial charge in [0.25, 0.3) is 0 Å². The van der Waals surface area contributed by atoms with Crippen molar-refractivity contribution in [3.63, 3.8) is 0 Å². The lowest BCUT2D eigenvalue weighted by Gasteiger charge is -2.13. The average molecular weight is 251 g/mol. The molecule has 1 unspecified atom stereocenters. The first kappa shape index (κ1) is 10.5. The van der Waals surface area contributed by atoms with Gasteiger partial charge >= 0.3 is 11.9 Å². The molecule has 13 heavy (non-hydrogen) atoms. The fourth-order valence-electron chi connectivity index (χ4n) is 1.13. The predicted octanol–water partition coefficient (Wildman–Crippen LogP) is 1.02. The number of halogens is 1. The van der Waals surface area contributed by atoms with Gasteiger partial charge in [-0.05, 0) is 12.8 Å². The van der Waals surface area contributed by atoms with Crippen LogP contribution in [-0.4, -0.2) is 30.0 Å². The van der Waals surface area contributed by atoms with Crippen molar-refractivity contribution in [1.82, 2.24) is 0 Å². The Kier molecular flexibility index (Phi) is 4.21. The molecule has 1 heterocycles. The molecule has 1 atom stereocenters. The first-order valence-electron chi connectivity index (χ1n) is 4.13. The molecule has 0 aromatic heterocycles. The second kappa shape index (κ2) is 5.21. The molecule has 0 N–H and O–H groups in total. The molecule has 4 nitrogen and oxygen atoms in total. The van der Waals surface area contributed by atoms with Crippen molar-refractivity contribution in [3.05, 3.63) is 0 Å². The topological polar surface area (TPSA) is 52.6 Å². The number of hydrogen-bond acceptors (Lipinski definition) is 4. The SMILES string of the molecule is O=C1CCCC(OC(=O)CBr)CO1. The van der Waals surface area contributed by atoms with Crippen LogP contribution < -0.4 is 0 Å². The molecule has 1 aliphatic rings. The van der Waals surface area contributed by atoms with Gasteiger partial charge in [0.2, 0.25) is 0 Å². The van der Waals surface area contributed by atoms with E-state index in [4.69, 9.17) is 9.47 Å². The van der Waals surface area contributed by atoms with Crippen LogP contribution in [0.1, 0.15) is 19.3 Å². The Morgan fingerprint density at radius 1 is 1.69 bits per heavy atom. The van der Waals surface area contributed by atoms with Crippen molar-refractivity contribution in [2.45, 2.75) is 25.4 Å². The molecule has 0 aromatic carbocycles. The Balaban J connectivity index is 2.33. The van der Waals surface area contributed by atoms with Gasteiger partial charge in [0, 0.05) is 6.42 Å². The van der Waals surface area contributed by atoms with Gasteiger partial charge in [0.05, 0.1) is 0 Å². The molecular formula is C8H11BrO4. The van der Waals surface area contributed by atoms with E-state index in [1.165, 1.54) is 0 Å². The van der Waals surface area contributed by atoms with E-state index < -0.39 is 0 Å². The summed E-state index contributed by atoms with van der Waals surface area (Å²) < 4.78 is 9.84. The zero-order chi connectivity index (χ0) is 9.68. The predicted molar refractivity (Wildman–Crippen MR) is 48.5 cm³/mol. The van der Waals surface area contributed by atoms with Gasteiger partial charge in [-0.3, -0.25) is 9.59 Å². The fourth-order valence-corrected chi connectivity index (χ4v) is 1.26. The first-order valence-corrected chi connectivity index (χ1v) is 5.25. The van der Waals surface area contributed by atoms with Crippen LogP contribution in [0.2, 0.25) is 0 Å². The molecule has 0 spiro atoms. The lowest BCUT2D eigenvalue weighted by Crippen LogP contribution is -2.23. The van der Waals surface area contributed by atoms with Crippen LogP contribution in [0.5, 0.6) is 0 Å². The molecule has 0 saturated carbocycles. The summed E-state index contributed by atoms with van der Waals surface area (Å²) in [4.78, 5) is 21.7. The summed E-state index contributed by atoms with van der Waals surface area (Å²) in [6.07, 6.45) is 1.57. The van der Waals surface area contributed by atoms with Crippen molar-refractivity contribution >= 4 is 27.9 Å². The van der Waals surface area contributed by atoms with E-state index in [0.29, 0.717) is 12.8 Å². The number of carbonyl (C=O) groups excluding carboxylic acids is 2. The minimum absolute atomic E-state index is 0.178. The zero-order valence-electron chi connectivity index (χ0n) is 7.12. The molecule has 0 radical (unpaired) electrons. The minimum Gasteiger partial charge on any atom is -0.462 e. The summed E-state index contributed by atoms with van der Waals surface area (Å²) in [5, 5.41) is 0.178. The van der Waals surface area contributed by atoms with Gasteiger partial charge in [-0.15, -0.1) is 0 Å². The number of ether oxygens (including phenoxy) is 2. The molecule has 74 valence electrons. The molecule has 0 amide bonds. The van der Waals surface area contributed by atoms with Crippen LogP contribution in [0.4, 0.5) is 0 Å². The number of cyclic esters (lactones) is 1. The molecule has 0 aromatic rings. The third-order valence-electron chi connectivity index (χ3n) is 1.74. The van der Waals surface area contributed by atoms with Crippen LogP contribution in [-0.2, 0) is 19.1 Å². The Bertz CT molecular complexity index is 204. The van der Waals surface area contributed by atoms with Crippen molar-refractivity contribution in [3.8, 4) is 0 Å². The molecule has 1 saturated heterocycles. The molecule has 5 heteroatoms. The second-order valence-corrected chi connectivity index (χ2v) is 3.38. The summed E-state index contributed by atoms with van der Waals surface area (Å²) in [6, 6.07) is 0. The Labute approximate surface area is 84.7 Å². The lowest BCUT2D eigenvalue weighted by atomic mass is 10.2. The molecule has 1 aliphatic heterocycles. The van der Waals surface area contributed by atoms with Gasteiger partial charge in [-0.1, -0.05) is 15.9 Å². The molecule has 1 rings (SSSR count). The number of alkyl halides is 1. The highest BCUT2D eigenvalue weighted by Gasteiger charge is 2.20. The number of hydrogen-bond donors (Lipinski definition) is 0. The Morgan fingerprint density at radius 3 is 3.15 bits per heavy atom. The van der Waals surface area contributed by atoms with Crippen molar-refractivity contribution in [2.24, 2.45) is 0 Å². The monoisotopic (exact) mass is 250 g/mol. The smallest absolute Gasteiger partial charge is 0.316 e. The summed E-state index contributed by atoms with van der Waals surface area (Å²) >= 11 is 2.99. The van der Waals surface area contributed by atoms with E-state index >= 15 is 0 Å². The van der Waals surface area contributed by atoms with Crippen LogP contribution in [0.3, 0.4) is 0 Å². The lowest BCUT2D eigenvalue weighted by molar-refractivity contribution is -0.154. The molecular weight excluding hydrogens is 240 g/mol. The van der Waals surface area contributed by atoms with Crippen LogP contribution >= 0.6 is 15.9 Å². The highest BCUT2D eigenvalue weighted by Crippen LogP contribution is 2.12. The number of rotatable bonds is 2. The highest BCUT2D eigenvalue weighted by atomic mass is 79.9. The van der Waals surface area contributed by atoms with E-state index in [0.717, 1.165) is 6.42 Å². The third kappa shape index (κ3) is 3.76. The first-order chi connectivity index (χ1) is 6.22. The van der Waals surface area contributed by atoms with Gasteiger partial charge in [-0.2, -0.15) is 0 Å². The van der Waals surface area contributed by atoms with Gasteiger partial charge in [-0.25, -0.2) is 0 Å². The highest BCUT2D eigenvalue weighted by molar-refractivity contribution is 9.09. The molecule has 0 bridgehead atoms. The van der Waals surface area contributed by atoms with E-state index in [2.05, 4.69) is 15.9 Å². The summed E-state index contributed by atoms with van der Waals surface area (Å²) in [5.41, 5.74) is 0. The van der Waals surface area contributed by atoms with E-state index in [1.54, 1.807) is 0 Å². The maximum absolute atomic E-state index is 10.9. The quantitative estimate of drug-likeness (QED) is 0.543. The second-order valence-electron chi connectivity index (χ2n) is 2.82. The average Bonchev–Trinajstić information content (AvgIpc) is 2.31. The van der Waals surface area contributed by atoms with E-state index in [9.17, 15) is 9.59 Å². The van der Waals surface area contributed by atoms with Crippen LogP contribution in [0.15, 0.2) is 0 Å². The van der Waals surface area contributed by atoms with Crippen LogP contribution in [0.25, 0.3) is 0 Å². The number of esters is 2. The Hall–Kier alpha value is -0.580. The van der Waals surface area contributed by atoms with Crippen molar-refractivity contribution < 1.29 is 19.1 Å².